The van der Waals surface area contributed by atoms with Crippen LogP contribution >= 0.6 is 0 Å². The first-order valence-corrected chi connectivity index (χ1v) is 8.59. The predicted octanol–water partition coefficient (Wildman–Crippen LogP) is 2.19. The average molecular weight is 334 g/mol. The lowest BCUT2D eigenvalue weighted by Gasteiger charge is -2.06. The maximum absolute atomic E-state index is 10.9. The highest BCUT2D eigenvalue weighted by atomic mass is 16.4. The second-order valence-electron chi connectivity index (χ2n) is 6.19. The molecule has 0 spiro atoms. The molecule has 0 N–H and O–H groups in total. The van der Waals surface area contributed by atoms with Crippen LogP contribution in [0.4, 0.5) is 0 Å². The summed E-state index contributed by atoms with van der Waals surface area (Å²) in [6, 6.07) is 17.3. The van der Waals surface area contributed by atoms with E-state index < -0.39 is 5.97 Å². The van der Waals surface area contributed by atoms with Gasteiger partial charge in [-0.1, -0.05) is 61.5 Å². The Labute approximate surface area is 148 Å². The highest BCUT2D eigenvalue weighted by Crippen LogP contribution is 2.09. The largest absolute Gasteiger partial charge is 0.545 e. The predicted molar refractivity (Wildman–Crippen MR) is 94.0 cm³/mol. The first kappa shape index (κ1) is 17.0. The van der Waals surface area contributed by atoms with Crippen LogP contribution in [0.25, 0.3) is 0 Å². The Morgan fingerprint density at radius 1 is 1.04 bits per heavy atom. The van der Waals surface area contributed by atoms with Gasteiger partial charge in [-0.05, 0) is 23.1 Å². The van der Waals surface area contributed by atoms with E-state index >= 15 is 0 Å². The molecule has 0 bridgehead atoms. The van der Waals surface area contributed by atoms with Crippen molar-refractivity contribution in [3.05, 3.63) is 89.5 Å². The lowest BCUT2D eigenvalue weighted by molar-refractivity contribution is -0.695. The number of carboxylic acid groups (broad SMARTS) is 1. The number of benzene rings is 2. The third-order valence-corrected chi connectivity index (χ3v) is 4.30. The molecule has 0 radical (unpaired) electrons. The average Bonchev–Trinajstić information content (AvgIpc) is 2.98. The van der Waals surface area contributed by atoms with E-state index in [4.69, 9.17) is 0 Å². The fourth-order valence-electron chi connectivity index (χ4n) is 3.02. The number of hydrogen-bond donors (Lipinski definition) is 0. The molecule has 1 aromatic heterocycles. The second kappa shape index (κ2) is 7.79. The van der Waals surface area contributed by atoms with Crippen LogP contribution in [0.5, 0.6) is 0 Å². The van der Waals surface area contributed by atoms with E-state index in [1.54, 1.807) is 12.1 Å². The fourth-order valence-corrected chi connectivity index (χ4v) is 3.02. The molecule has 0 aliphatic carbocycles. The van der Waals surface area contributed by atoms with E-state index in [1.165, 1.54) is 11.4 Å². The van der Waals surface area contributed by atoms with Crippen molar-refractivity contribution in [2.24, 2.45) is 0 Å². The topological polar surface area (TPSA) is 48.9 Å². The number of nitrogens with zero attached hydrogens (tertiary/aromatic N) is 2. The summed E-state index contributed by atoms with van der Waals surface area (Å²) in [5.74, 6) is 0.134. The van der Waals surface area contributed by atoms with Crippen molar-refractivity contribution < 1.29 is 14.5 Å². The van der Waals surface area contributed by atoms with Crippen LogP contribution in [-0.2, 0) is 19.5 Å². The minimum atomic E-state index is -1.14. The molecule has 0 saturated carbocycles. The Hall–Kier alpha value is -2.88. The zero-order chi connectivity index (χ0) is 17.6. The Balaban J connectivity index is 1.82. The first-order chi connectivity index (χ1) is 12.2. The molecular formula is C21H22N2O2. The summed E-state index contributed by atoms with van der Waals surface area (Å²) in [4.78, 5) is 10.9. The summed E-state index contributed by atoms with van der Waals surface area (Å²) in [7, 11) is 0. The molecule has 128 valence electrons. The van der Waals surface area contributed by atoms with Crippen LogP contribution in [0.1, 0.15) is 40.7 Å². The number of carbonyl (C=O) groups excluding carboxylic acids is 1. The molecule has 0 atom stereocenters. The van der Waals surface area contributed by atoms with E-state index in [1.807, 2.05) is 18.2 Å². The van der Waals surface area contributed by atoms with E-state index in [2.05, 4.69) is 52.7 Å². The van der Waals surface area contributed by atoms with Crippen molar-refractivity contribution in [3.8, 4) is 0 Å². The van der Waals surface area contributed by atoms with E-state index in [9.17, 15) is 9.90 Å². The smallest absolute Gasteiger partial charge is 0.256 e. The van der Waals surface area contributed by atoms with Gasteiger partial charge in [0.15, 0.2) is 0 Å². The molecule has 25 heavy (non-hydrogen) atoms. The van der Waals surface area contributed by atoms with Crippen molar-refractivity contribution in [2.75, 3.05) is 0 Å². The summed E-state index contributed by atoms with van der Waals surface area (Å²) in [6.45, 7) is 3.76. The van der Waals surface area contributed by atoms with Gasteiger partial charge in [-0.3, -0.25) is 0 Å². The third kappa shape index (κ3) is 4.15. The monoisotopic (exact) mass is 334 g/mol. The summed E-state index contributed by atoms with van der Waals surface area (Å²) in [5.41, 5.74) is 2.56. The van der Waals surface area contributed by atoms with Crippen LogP contribution < -0.4 is 9.67 Å². The van der Waals surface area contributed by atoms with Crippen LogP contribution in [0, 0.1) is 0 Å². The fraction of sp³-hybridized carbons (Fsp3) is 0.238. The standard InChI is InChI=1S/C21H22N2O2/c1-2-6-20-22(15-17-7-4-3-5-8-17)13-14-23(20)16-18-9-11-19(12-10-18)21(24)25/h3-5,7-14H,2,6,15-16H2,1H3. The molecule has 0 fully saturated rings. The lowest BCUT2D eigenvalue weighted by atomic mass is 10.1. The van der Waals surface area contributed by atoms with Crippen LogP contribution in [0.3, 0.4) is 0 Å². The number of carbonyl (C=O) groups is 1. The van der Waals surface area contributed by atoms with Gasteiger partial charge < -0.3 is 9.90 Å². The van der Waals surface area contributed by atoms with E-state index in [0.29, 0.717) is 0 Å². The molecule has 0 saturated heterocycles. The number of imidazole rings is 1. The summed E-state index contributed by atoms with van der Waals surface area (Å²) in [6.07, 6.45) is 6.29. The number of carboxylic acids is 1. The van der Waals surface area contributed by atoms with Crippen molar-refractivity contribution in [1.29, 1.82) is 0 Å². The molecule has 0 amide bonds. The van der Waals surface area contributed by atoms with Gasteiger partial charge in [0.1, 0.15) is 25.5 Å². The highest BCUT2D eigenvalue weighted by Gasteiger charge is 2.16. The molecule has 3 aromatic rings. The first-order valence-electron chi connectivity index (χ1n) is 8.59. The molecule has 4 nitrogen and oxygen atoms in total. The van der Waals surface area contributed by atoms with Crippen LogP contribution in [0.2, 0.25) is 0 Å². The lowest BCUT2D eigenvalue weighted by Crippen LogP contribution is -2.37. The minimum Gasteiger partial charge on any atom is -0.545 e. The van der Waals surface area contributed by atoms with E-state index in [-0.39, 0.29) is 5.56 Å². The molecule has 3 rings (SSSR count). The van der Waals surface area contributed by atoms with Gasteiger partial charge in [0, 0.05) is 6.42 Å². The maximum Gasteiger partial charge on any atom is 0.256 e. The normalized spacial score (nSPS) is 10.8. The molecule has 0 aliphatic heterocycles. The number of rotatable bonds is 7. The van der Waals surface area contributed by atoms with Gasteiger partial charge in [0.2, 0.25) is 0 Å². The van der Waals surface area contributed by atoms with Gasteiger partial charge in [-0.25, -0.2) is 9.13 Å². The quantitative estimate of drug-likeness (QED) is 0.622. The van der Waals surface area contributed by atoms with Crippen LogP contribution in [-0.4, -0.2) is 10.5 Å². The number of hydrogen-bond acceptors (Lipinski definition) is 2. The maximum atomic E-state index is 10.9. The second-order valence-corrected chi connectivity index (χ2v) is 6.19. The molecule has 0 unspecified atom stereocenters. The Morgan fingerprint density at radius 3 is 2.40 bits per heavy atom. The zero-order valence-electron chi connectivity index (χ0n) is 14.4. The molecule has 2 aromatic carbocycles. The van der Waals surface area contributed by atoms with Gasteiger partial charge in [0.05, 0.1) is 5.97 Å². The van der Waals surface area contributed by atoms with E-state index in [0.717, 1.165) is 31.5 Å². The van der Waals surface area contributed by atoms with Crippen molar-refractivity contribution in [3.63, 3.8) is 0 Å². The summed E-state index contributed by atoms with van der Waals surface area (Å²) < 4.78 is 4.52. The van der Waals surface area contributed by atoms with Gasteiger partial charge in [-0.2, -0.15) is 0 Å². The van der Waals surface area contributed by atoms with Crippen molar-refractivity contribution in [2.45, 2.75) is 32.9 Å². The third-order valence-electron chi connectivity index (χ3n) is 4.30. The SMILES string of the molecule is CCCc1n(Cc2ccc(C(=O)[O-])cc2)cc[n+]1Cc1ccccc1. The molecule has 0 aliphatic rings. The van der Waals surface area contributed by atoms with Crippen molar-refractivity contribution in [1.82, 2.24) is 4.57 Å². The zero-order valence-corrected chi connectivity index (χ0v) is 14.4. The minimum absolute atomic E-state index is 0.212. The van der Waals surface area contributed by atoms with Gasteiger partial charge >= 0.3 is 0 Å². The Kier molecular flexibility index (Phi) is 5.29. The molecular weight excluding hydrogens is 312 g/mol. The highest BCUT2D eigenvalue weighted by molar-refractivity contribution is 5.85. The summed E-state index contributed by atoms with van der Waals surface area (Å²) in [5, 5.41) is 10.9. The molecule has 4 heteroatoms. The molecule has 1 heterocycles. The van der Waals surface area contributed by atoms with Crippen LogP contribution in [0.15, 0.2) is 67.0 Å². The number of aromatic carboxylic acids is 1. The van der Waals surface area contributed by atoms with Gasteiger partial charge in [-0.15, -0.1) is 0 Å². The van der Waals surface area contributed by atoms with Crippen molar-refractivity contribution >= 4 is 5.97 Å². The Bertz CT molecular complexity index is 836. The summed E-state index contributed by atoms with van der Waals surface area (Å²) >= 11 is 0. The van der Waals surface area contributed by atoms with Gasteiger partial charge in [0.25, 0.3) is 5.82 Å². The number of aromatic nitrogens is 2. The Morgan fingerprint density at radius 2 is 1.76 bits per heavy atom.